The standard InChI is InChI=1S/C16H16N2O4S2/c1-3-10-23-16-7-5-4-6-14(16)17-24(21,22)13-9-8-12(2)15(11-13)18(19)20/h3-9,11,17H,1,10H2,2H3. The molecule has 24 heavy (non-hydrogen) atoms. The van der Waals surface area contributed by atoms with Crippen molar-refractivity contribution in [3.05, 3.63) is 70.8 Å². The molecule has 0 fully saturated rings. The highest BCUT2D eigenvalue weighted by Gasteiger charge is 2.20. The van der Waals surface area contributed by atoms with Crippen molar-refractivity contribution in [1.29, 1.82) is 0 Å². The van der Waals surface area contributed by atoms with Crippen LogP contribution in [0.1, 0.15) is 5.56 Å². The van der Waals surface area contributed by atoms with Crippen LogP contribution in [0, 0.1) is 17.0 Å². The maximum absolute atomic E-state index is 12.6. The molecule has 126 valence electrons. The first-order chi connectivity index (χ1) is 11.3. The molecule has 0 aliphatic heterocycles. The summed E-state index contributed by atoms with van der Waals surface area (Å²) >= 11 is 1.44. The number of aryl methyl sites for hydroxylation is 1. The molecule has 0 heterocycles. The van der Waals surface area contributed by atoms with E-state index in [4.69, 9.17) is 0 Å². The van der Waals surface area contributed by atoms with Crippen molar-refractivity contribution in [2.45, 2.75) is 16.7 Å². The van der Waals surface area contributed by atoms with Gasteiger partial charge in [0.25, 0.3) is 15.7 Å². The lowest BCUT2D eigenvalue weighted by molar-refractivity contribution is -0.385. The first kappa shape index (κ1) is 18.0. The molecule has 0 bridgehead atoms. The average molecular weight is 364 g/mol. The summed E-state index contributed by atoms with van der Waals surface area (Å²) in [6, 6.07) is 10.8. The Morgan fingerprint density at radius 2 is 2.00 bits per heavy atom. The largest absolute Gasteiger partial charge is 0.278 e. The first-order valence-electron chi connectivity index (χ1n) is 6.96. The van der Waals surface area contributed by atoms with E-state index < -0.39 is 14.9 Å². The normalized spacial score (nSPS) is 11.0. The molecule has 8 heteroatoms. The fourth-order valence-electron chi connectivity index (χ4n) is 1.98. The van der Waals surface area contributed by atoms with Gasteiger partial charge in [-0.1, -0.05) is 24.3 Å². The highest BCUT2D eigenvalue weighted by Crippen LogP contribution is 2.30. The summed E-state index contributed by atoms with van der Waals surface area (Å²) in [4.78, 5) is 11.0. The van der Waals surface area contributed by atoms with Gasteiger partial charge >= 0.3 is 0 Å². The number of nitrogens with zero attached hydrogens (tertiary/aromatic N) is 1. The second kappa shape index (κ2) is 7.50. The minimum atomic E-state index is -3.93. The van der Waals surface area contributed by atoms with Gasteiger partial charge in [0, 0.05) is 22.3 Å². The minimum Gasteiger partial charge on any atom is -0.278 e. The number of nitro groups is 1. The molecule has 0 atom stereocenters. The third kappa shape index (κ3) is 4.15. The number of benzene rings is 2. The second-order valence-corrected chi connectivity index (χ2v) is 7.65. The van der Waals surface area contributed by atoms with Crippen LogP contribution in [0.3, 0.4) is 0 Å². The van der Waals surface area contributed by atoms with Gasteiger partial charge in [0.1, 0.15) is 0 Å². The second-order valence-electron chi connectivity index (χ2n) is 4.91. The molecule has 6 nitrogen and oxygen atoms in total. The van der Waals surface area contributed by atoms with Gasteiger partial charge < -0.3 is 0 Å². The maximum atomic E-state index is 12.6. The molecule has 0 spiro atoms. The summed E-state index contributed by atoms with van der Waals surface area (Å²) in [5.41, 5.74) is 0.598. The molecule has 0 amide bonds. The van der Waals surface area contributed by atoms with Crippen LogP contribution < -0.4 is 4.72 Å². The molecule has 0 aliphatic rings. The lowest BCUT2D eigenvalue weighted by atomic mass is 10.2. The SMILES string of the molecule is C=CCSc1ccccc1NS(=O)(=O)c1ccc(C)c([N+](=O)[O-])c1. The number of thioether (sulfide) groups is 1. The van der Waals surface area contributed by atoms with Crippen molar-refractivity contribution < 1.29 is 13.3 Å². The quantitative estimate of drug-likeness (QED) is 0.347. The van der Waals surface area contributed by atoms with E-state index in [0.717, 1.165) is 11.0 Å². The zero-order valence-electron chi connectivity index (χ0n) is 12.9. The predicted octanol–water partition coefficient (Wildman–Crippen LogP) is 3.98. The van der Waals surface area contributed by atoms with Gasteiger partial charge in [-0.3, -0.25) is 14.8 Å². The number of hydrogen-bond donors (Lipinski definition) is 1. The molecule has 2 aromatic rings. The number of nitrogens with one attached hydrogen (secondary N) is 1. The molecule has 2 rings (SSSR count). The smallest absolute Gasteiger partial charge is 0.273 e. The minimum absolute atomic E-state index is 0.150. The Morgan fingerprint density at radius 3 is 2.67 bits per heavy atom. The van der Waals surface area contributed by atoms with E-state index in [9.17, 15) is 18.5 Å². The molecule has 0 radical (unpaired) electrons. The Hall–Kier alpha value is -2.32. The number of para-hydroxylation sites is 1. The van der Waals surface area contributed by atoms with Crippen LogP contribution in [0.2, 0.25) is 0 Å². The summed E-state index contributed by atoms with van der Waals surface area (Å²) in [6.07, 6.45) is 1.72. The van der Waals surface area contributed by atoms with Crippen LogP contribution in [0.5, 0.6) is 0 Å². The van der Waals surface area contributed by atoms with E-state index in [0.29, 0.717) is 17.0 Å². The molecule has 0 saturated heterocycles. The van der Waals surface area contributed by atoms with Crippen molar-refractivity contribution in [1.82, 2.24) is 0 Å². The number of nitro benzene ring substituents is 1. The molecule has 0 aliphatic carbocycles. The lowest BCUT2D eigenvalue weighted by Crippen LogP contribution is -2.14. The molecular formula is C16H16N2O4S2. The van der Waals surface area contributed by atoms with E-state index >= 15 is 0 Å². The fraction of sp³-hybridized carbons (Fsp3) is 0.125. The molecule has 0 saturated carbocycles. The number of anilines is 1. The van der Waals surface area contributed by atoms with Gasteiger partial charge in [-0.25, -0.2) is 8.42 Å². The van der Waals surface area contributed by atoms with Crippen molar-refractivity contribution in [3.63, 3.8) is 0 Å². The molecule has 0 unspecified atom stereocenters. The van der Waals surface area contributed by atoms with Crippen LogP contribution in [-0.2, 0) is 10.0 Å². The van der Waals surface area contributed by atoms with Crippen molar-refractivity contribution >= 4 is 33.2 Å². The zero-order valence-corrected chi connectivity index (χ0v) is 14.6. The van der Waals surface area contributed by atoms with Gasteiger partial charge in [-0.15, -0.1) is 18.3 Å². The average Bonchev–Trinajstić information content (AvgIpc) is 2.53. The number of rotatable bonds is 7. The summed E-state index contributed by atoms with van der Waals surface area (Å²) < 4.78 is 27.6. The third-order valence-electron chi connectivity index (χ3n) is 3.18. The Bertz CT molecular complexity index is 879. The summed E-state index contributed by atoms with van der Waals surface area (Å²) in [5.74, 6) is 0.634. The van der Waals surface area contributed by atoms with Crippen LogP contribution in [0.4, 0.5) is 11.4 Å². The number of sulfonamides is 1. The van der Waals surface area contributed by atoms with E-state index in [-0.39, 0.29) is 10.6 Å². The first-order valence-corrected chi connectivity index (χ1v) is 9.42. The summed E-state index contributed by atoms with van der Waals surface area (Å²) in [5, 5.41) is 11.0. The van der Waals surface area contributed by atoms with Gasteiger partial charge in [0.15, 0.2) is 0 Å². The molecular weight excluding hydrogens is 348 g/mol. The van der Waals surface area contributed by atoms with Gasteiger partial charge in [0.05, 0.1) is 15.5 Å². The van der Waals surface area contributed by atoms with Gasteiger partial charge in [0.2, 0.25) is 0 Å². The Morgan fingerprint density at radius 1 is 1.29 bits per heavy atom. The van der Waals surface area contributed by atoms with E-state index in [1.807, 2.05) is 0 Å². The Balaban J connectivity index is 2.38. The highest BCUT2D eigenvalue weighted by molar-refractivity contribution is 7.99. The van der Waals surface area contributed by atoms with E-state index in [1.54, 1.807) is 37.3 Å². The summed E-state index contributed by atoms with van der Waals surface area (Å²) in [7, 11) is -3.93. The number of hydrogen-bond acceptors (Lipinski definition) is 5. The maximum Gasteiger partial charge on any atom is 0.273 e. The molecule has 2 aromatic carbocycles. The van der Waals surface area contributed by atoms with Crippen LogP contribution in [0.25, 0.3) is 0 Å². The van der Waals surface area contributed by atoms with Crippen LogP contribution in [-0.4, -0.2) is 19.1 Å². The topological polar surface area (TPSA) is 89.3 Å². The third-order valence-corrected chi connectivity index (χ3v) is 5.61. The lowest BCUT2D eigenvalue weighted by Gasteiger charge is -2.12. The van der Waals surface area contributed by atoms with Crippen LogP contribution >= 0.6 is 11.8 Å². The van der Waals surface area contributed by atoms with Gasteiger partial charge in [-0.05, 0) is 25.1 Å². The monoisotopic (exact) mass is 364 g/mol. The fourth-order valence-corrected chi connectivity index (χ4v) is 3.89. The summed E-state index contributed by atoms with van der Waals surface area (Å²) in [6.45, 7) is 5.20. The molecule has 0 aromatic heterocycles. The predicted molar refractivity (Wildman–Crippen MR) is 96.0 cm³/mol. The van der Waals surface area contributed by atoms with Crippen molar-refractivity contribution in [3.8, 4) is 0 Å². The Labute approximate surface area is 144 Å². The van der Waals surface area contributed by atoms with E-state index in [1.165, 1.54) is 23.9 Å². The Kier molecular flexibility index (Phi) is 5.63. The van der Waals surface area contributed by atoms with Crippen LogP contribution in [0.15, 0.2) is 64.9 Å². The van der Waals surface area contributed by atoms with Crippen molar-refractivity contribution in [2.75, 3.05) is 10.5 Å². The zero-order chi connectivity index (χ0) is 17.7. The highest BCUT2D eigenvalue weighted by atomic mass is 32.2. The van der Waals surface area contributed by atoms with Crippen molar-refractivity contribution in [2.24, 2.45) is 0 Å². The van der Waals surface area contributed by atoms with E-state index in [2.05, 4.69) is 11.3 Å². The molecule has 1 N–H and O–H groups in total. The van der Waals surface area contributed by atoms with Gasteiger partial charge in [-0.2, -0.15) is 0 Å².